The van der Waals surface area contributed by atoms with Crippen molar-refractivity contribution in [3.8, 4) is 11.3 Å². The molecule has 0 aliphatic rings. The Morgan fingerprint density at radius 2 is 1.78 bits per heavy atom. The Morgan fingerprint density at radius 3 is 2.59 bits per heavy atom. The Hall–Kier alpha value is -3.73. The van der Waals surface area contributed by atoms with E-state index in [9.17, 15) is 4.79 Å². The van der Waals surface area contributed by atoms with Gasteiger partial charge in [0.05, 0.1) is 11.4 Å². The van der Waals surface area contributed by atoms with E-state index in [1.54, 1.807) is 18.6 Å². The first-order chi connectivity index (χ1) is 13.3. The van der Waals surface area contributed by atoms with Crippen molar-refractivity contribution in [3.63, 3.8) is 0 Å². The maximum absolute atomic E-state index is 12.3. The van der Waals surface area contributed by atoms with Crippen LogP contribution in [0, 0.1) is 0 Å². The normalized spacial score (nSPS) is 10.5. The summed E-state index contributed by atoms with van der Waals surface area (Å²) in [7, 11) is 0. The lowest BCUT2D eigenvalue weighted by molar-refractivity contribution is 0.252. The predicted octanol–water partition coefficient (Wildman–Crippen LogP) is 4.62. The molecule has 0 radical (unpaired) electrons. The van der Waals surface area contributed by atoms with Crippen LogP contribution in [-0.4, -0.2) is 16.0 Å². The number of urea groups is 1. The van der Waals surface area contributed by atoms with Gasteiger partial charge >= 0.3 is 6.03 Å². The highest BCUT2D eigenvalue weighted by atomic mass is 16.2. The van der Waals surface area contributed by atoms with E-state index in [0.29, 0.717) is 6.54 Å². The van der Waals surface area contributed by atoms with Crippen molar-refractivity contribution in [2.24, 2.45) is 0 Å². The number of benzene rings is 2. The maximum Gasteiger partial charge on any atom is 0.319 e. The lowest BCUT2D eigenvalue weighted by Gasteiger charge is -2.10. The number of carbonyl (C=O) groups excluding carboxylic acids is 1. The molecule has 2 amide bonds. The van der Waals surface area contributed by atoms with Crippen LogP contribution in [0.25, 0.3) is 22.0 Å². The number of aromatic nitrogens is 2. The van der Waals surface area contributed by atoms with E-state index < -0.39 is 0 Å². The number of anilines is 1. The van der Waals surface area contributed by atoms with Gasteiger partial charge in [-0.25, -0.2) is 4.79 Å². The summed E-state index contributed by atoms with van der Waals surface area (Å²) in [6.45, 7) is 0.445. The summed E-state index contributed by atoms with van der Waals surface area (Å²) in [5, 5.41) is 7.74. The van der Waals surface area contributed by atoms with Gasteiger partial charge < -0.3 is 10.6 Å². The third kappa shape index (κ3) is 3.93. The average molecular weight is 354 g/mol. The molecule has 0 bridgehead atoms. The predicted molar refractivity (Wildman–Crippen MR) is 107 cm³/mol. The molecular formula is C22H18N4O. The number of fused-ring (bicyclic) bond motifs is 1. The second-order valence-corrected chi connectivity index (χ2v) is 6.12. The van der Waals surface area contributed by atoms with Crippen molar-refractivity contribution in [2.45, 2.75) is 6.54 Å². The highest BCUT2D eigenvalue weighted by Crippen LogP contribution is 2.22. The van der Waals surface area contributed by atoms with Crippen LogP contribution in [0.3, 0.4) is 0 Å². The van der Waals surface area contributed by atoms with Gasteiger partial charge in [0.1, 0.15) is 0 Å². The van der Waals surface area contributed by atoms with E-state index in [2.05, 4.69) is 20.6 Å². The van der Waals surface area contributed by atoms with E-state index >= 15 is 0 Å². The zero-order valence-electron chi connectivity index (χ0n) is 14.6. The van der Waals surface area contributed by atoms with Crippen molar-refractivity contribution < 1.29 is 4.79 Å². The Labute approximate surface area is 157 Å². The number of hydrogen-bond acceptors (Lipinski definition) is 3. The standard InChI is InChI=1S/C22H18N4O/c27-22(26-21-6-3-4-18-15-23-13-11-19(18)21)25-14-16-7-9-17(10-8-16)20-5-1-2-12-24-20/h1-13,15H,14H2,(H2,25,26,27). The highest BCUT2D eigenvalue weighted by molar-refractivity contribution is 6.01. The quantitative estimate of drug-likeness (QED) is 0.562. The molecule has 2 heterocycles. The fourth-order valence-electron chi connectivity index (χ4n) is 2.91. The van der Waals surface area contributed by atoms with E-state index in [0.717, 1.165) is 33.3 Å². The molecule has 0 saturated heterocycles. The van der Waals surface area contributed by atoms with E-state index in [4.69, 9.17) is 0 Å². The van der Waals surface area contributed by atoms with Crippen molar-refractivity contribution in [1.82, 2.24) is 15.3 Å². The Bertz CT molecular complexity index is 1060. The number of amides is 2. The van der Waals surface area contributed by atoms with Gasteiger partial charge in [-0.3, -0.25) is 9.97 Å². The van der Waals surface area contributed by atoms with Crippen molar-refractivity contribution in [3.05, 3.63) is 90.9 Å². The fraction of sp³-hybridized carbons (Fsp3) is 0.0455. The van der Waals surface area contributed by atoms with Gasteiger partial charge in [-0.2, -0.15) is 0 Å². The van der Waals surface area contributed by atoms with E-state index in [1.165, 1.54) is 0 Å². The van der Waals surface area contributed by atoms with Gasteiger partial charge in [0.25, 0.3) is 0 Å². The first-order valence-corrected chi connectivity index (χ1v) is 8.67. The van der Waals surface area contributed by atoms with Crippen LogP contribution in [0.1, 0.15) is 5.56 Å². The summed E-state index contributed by atoms with van der Waals surface area (Å²) in [5.41, 5.74) is 3.76. The second-order valence-electron chi connectivity index (χ2n) is 6.12. The van der Waals surface area contributed by atoms with Gasteiger partial charge in [-0.15, -0.1) is 0 Å². The summed E-state index contributed by atoms with van der Waals surface area (Å²) >= 11 is 0. The minimum atomic E-state index is -0.242. The minimum Gasteiger partial charge on any atom is -0.334 e. The molecule has 0 aliphatic carbocycles. The average Bonchev–Trinajstić information content (AvgIpc) is 2.74. The molecule has 0 unspecified atom stereocenters. The molecule has 4 aromatic rings. The third-order valence-corrected chi connectivity index (χ3v) is 4.30. The molecule has 132 valence electrons. The zero-order valence-corrected chi connectivity index (χ0v) is 14.6. The maximum atomic E-state index is 12.3. The molecule has 5 heteroatoms. The van der Waals surface area contributed by atoms with Crippen molar-refractivity contribution in [1.29, 1.82) is 0 Å². The number of hydrogen-bond donors (Lipinski definition) is 2. The number of nitrogens with zero attached hydrogens (tertiary/aromatic N) is 2. The Morgan fingerprint density at radius 1 is 0.889 bits per heavy atom. The molecule has 2 aromatic heterocycles. The molecule has 4 rings (SSSR count). The largest absolute Gasteiger partial charge is 0.334 e. The molecule has 0 aliphatic heterocycles. The number of pyridine rings is 2. The molecule has 27 heavy (non-hydrogen) atoms. The van der Waals surface area contributed by atoms with Crippen LogP contribution in [0.2, 0.25) is 0 Å². The Kier molecular flexibility index (Phi) is 4.74. The number of rotatable bonds is 4. The zero-order chi connectivity index (χ0) is 18.5. The first kappa shape index (κ1) is 16.7. The summed E-state index contributed by atoms with van der Waals surface area (Å²) in [5.74, 6) is 0. The topological polar surface area (TPSA) is 66.9 Å². The number of carbonyl (C=O) groups is 1. The van der Waals surface area contributed by atoms with Crippen LogP contribution in [0.5, 0.6) is 0 Å². The summed E-state index contributed by atoms with van der Waals surface area (Å²) < 4.78 is 0. The Balaban J connectivity index is 1.39. The van der Waals surface area contributed by atoms with E-state index in [-0.39, 0.29) is 6.03 Å². The molecule has 0 saturated carbocycles. The summed E-state index contributed by atoms with van der Waals surface area (Å²) in [6.07, 6.45) is 5.27. The van der Waals surface area contributed by atoms with Gasteiger partial charge in [-0.1, -0.05) is 42.5 Å². The van der Waals surface area contributed by atoms with Crippen molar-refractivity contribution in [2.75, 3.05) is 5.32 Å². The van der Waals surface area contributed by atoms with Crippen LogP contribution >= 0.6 is 0 Å². The minimum absolute atomic E-state index is 0.242. The van der Waals surface area contributed by atoms with E-state index in [1.807, 2.05) is 66.7 Å². The summed E-state index contributed by atoms with van der Waals surface area (Å²) in [4.78, 5) is 20.7. The molecule has 0 atom stereocenters. The molecule has 0 spiro atoms. The van der Waals surface area contributed by atoms with Crippen LogP contribution in [0.4, 0.5) is 10.5 Å². The van der Waals surface area contributed by atoms with Crippen molar-refractivity contribution >= 4 is 22.5 Å². The molecule has 0 fully saturated rings. The lowest BCUT2D eigenvalue weighted by atomic mass is 10.1. The van der Waals surface area contributed by atoms with Gasteiger partial charge in [0, 0.05) is 41.5 Å². The highest BCUT2D eigenvalue weighted by Gasteiger charge is 2.06. The monoisotopic (exact) mass is 354 g/mol. The van der Waals surface area contributed by atoms with Crippen LogP contribution in [0.15, 0.2) is 85.3 Å². The fourth-order valence-corrected chi connectivity index (χ4v) is 2.91. The lowest BCUT2D eigenvalue weighted by Crippen LogP contribution is -2.28. The molecule has 5 nitrogen and oxygen atoms in total. The third-order valence-electron chi connectivity index (χ3n) is 4.30. The van der Waals surface area contributed by atoms with Gasteiger partial charge in [0.15, 0.2) is 0 Å². The number of nitrogens with one attached hydrogen (secondary N) is 2. The SMILES string of the molecule is O=C(NCc1ccc(-c2ccccn2)cc1)Nc1cccc2cnccc12. The molecular weight excluding hydrogens is 336 g/mol. The molecule has 2 aromatic carbocycles. The summed E-state index contributed by atoms with van der Waals surface area (Å²) in [6, 6.07) is 21.2. The molecule has 2 N–H and O–H groups in total. The van der Waals surface area contributed by atoms with Gasteiger partial charge in [0.2, 0.25) is 0 Å². The smallest absolute Gasteiger partial charge is 0.319 e. The second kappa shape index (κ2) is 7.66. The first-order valence-electron chi connectivity index (χ1n) is 8.67. The van der Waals surface area contributed by atoms with Crippen LogP contribution in [-0.2, 0) is 6.54 Å². The van der Waals surface area contributed by atoms with Crippen LogP contribution < -0.4 is 10.6 Å². The van der Waals surface area contributed by atoms with Gasteiger partial charge in [-0.05, 0) is 29.8 Å².